The molecule has 18 nitrogen and oxygen atoms in total. The van der Waals surface area contributed by atoms with E-state index in [9.17, 15) is 19.2 Å². The normalized spacial score (nSPS) is 11.1. The molecular weight excluding hydrogens is 981 g/mol. The highest BCUT2D eigenvalue weighted by Crippen LogP contribution is 2.37. The Morgan fingerprint density at radius 2 is 0.671 bits per heavy atom. The molecule has 0 saturated carbocycles. The van der Waals surface area contributed by atoms with Crippen molar-refractivity contribution >= 4 is 67.5 Å². The Morgan fingerprint density at radius 1 is 0.342 bits per heavy atom. The first-order valence-electron chi connectivity index (χ1n) is 24.5. The fourth-order valence-corrected chi connectivity index (χ4v) is 7.78. The van der Waals surface area contributed by atoms with Gasteiger partial charge in [-0.3, -0.25) is 0 Å². The van der Waals surface area contributed by atoms with Gasteiger partial charge in [0.25, 0.3) is 0 Å². The molecular formula is C58H60N2O16. The molecule has 0 aliphatic rings. The van der Waals surface area contributed by atoms with Crippen LogP contribution in [-0.4, -0.2) is 168 Å². The molecule has 7 aromatic rings. The van der Waals surface area contributed by atoms with E-state index in [4.69, 9.17) is 56.8 Å². The largest absolute Gasteiger partial charge is 0.460 e. The van der Waals surface area contributed by atoms with Gasteiger partial charge in [0.15, 0.2) is 0 Å². The monoisotopic (exact) mass is 1040 g/mol. The summed E-state index contributed by atoms with van der Waals surface area (Å²) in [5.41, 5.74) is 5.78. The molecule has 0 radical (unpaired) electrons. The van der Waals surface area contributed by atoms with Gasteiger partial charge in [0.1, 0.15) is 26.4 Å². The zero-order chi connectivity index (χ0) is 53.5. The number of H-pyrrole nitrogens is 2. The molecule has 398 valence electrons. The molecule has 0 bridgehead atoms. The summed E-state index contributed by atoms with van der Waals surface area (Å²) in [5.74, 6) is 10.6. The molecule has 0 aliphatic carbocycles. The van der Waals surface area contributed by atoms with E-state index in [1.54, 1.807) is 101 Å². The number of aromatic nitrogens is 2. The Balaban J connectivity index is 1.27. The third kappa shape index (κ3) is 15.5. The third-order valence-electron chi connectivity index (χ3n) is 11.5. The maximum Gasteiger partial charge on any atom is 0.338 e. The predicted molar refractivity (Wildman–Crippen MR) is 282 cm³/mol. The van der Waals surface area contributed by atoms with Crippen LogP contribution in [0.3, 0.4) is 0 Å². The van der Waals surface area contributed by atoms with E-state index >= 15 is 0 Å². The van der Waals surface area contributed by atoms with E-state index in [2.05, 4.69) is 33.6 Å². The van der Waals surface area contributed by atoms with E-state index < -0.39 is 23.9 Å². The van der Waals surface area contributed by atoms with Crippen LogP contribution in [0.15, 0.2) is 84.9 Å². The highest BCUT2D eigenvalue weighted by molar-refractivity contribution is 6.23. The first kappa shape index (κ1) is 56.1. The molecule has 2 heterocycles. The number of rotatable bonds is 28. The molecule has 0 aliphatic heterocycles. The van der Waals surface area contributed by atoms with Crippen LogP contribution in [0.1, 0.15) is 63.7 Å². The number of ether oxygens (including phenoxy) is 12. The van der Waals surface area contributed by atoms with Gasteiger partial charge in [0.05, 0.1) is 124 Å². The zero-order valence-corrected chi connectivity index (χ0v) is 42.9. The SMILES string of the molecule is COCCOCCOC(=O)c1cccc(C#Cc2cc(C(=O)OCCOCCOC)cc3c2[nH]c2c3ccc3c4cc(C(=O)OCCOCCOC)cc(C#Cc5cccc(C(=O)OCCOCCOC)c5)c4[nH]c32)c1. The van der Waals surface area contributed by atoms with Gasteiger partial charge in [-0.25, -0.2) is 19.2 Å². The van der Waals surface area contributed by atoms with Crippen LogP contribution in [0.5, 0.6) is 0 Å². The average Bonchev–Trinajstić information content (AvgIpc) is 4.07. The molecule has 7 rings (SSSR count). The van der Waals surface area contributed by atoms with Gasteiger partial charge in [-0.2, -0.15) is 0 Å². The lowest BCUT2D eigenvalue weighted by atomic mass is 10.0. The van der Waals surface area contributed by atoms with Crippen LogP contribution in [0.25, 0.3) is 43.6 Å². The first-order valence-corrected chi connectivity index (χ1v) is 24.5. The van der Waals surface area contributed by atoms with Crippen molar-refractivity contribution in [1.82, 2.24) is 9.97 Å². The van der Waals surface area contributed by atoms with E-state index in [0.29, 0.717) is 119 Å². The highest BCUT2D eigenvalue weighted by Gasteiger charge is 2.20. The van der Waals surface area contributed by atoms with E-state index in [-0.39, 0.29) is 64.0 Å². The second-order valence-electron chi connectivity index (χ2n) is 16.7. The minimum absolute atomic E-state index is 0.0140. The number of fused-ring (bicyclic) bond motifs is 7. The number of hydrogen-bond acceptors (Lipinski definition) is 16. The lowest BCUT2D eigenvalue weighted by Gasteiger charge is -2.07. The zero-order valence-electron chi connectivity index (χ0n) is 42.9. The van der Waals surface area contributed by atoms with E-state index in [1.807, 2.05) is 12.1 Å². The van der Waals surface area contributed by atoms with Crippen molar-refractivity contribution in [3.05, 3.63) is 129 Å². The van der Waals surface area contributed by atoms with Gasteiger partial charge in [0.2, 0.25) is 0 Å². The highest BCUT2D eigenvalue weighted by atomic mass is 16.6. The summed E-state index contributed by atoms with van der Waals surface area (Å²) in [7, 11) is 6.30. The Bertz CT molecular complexity index is 3030. The summed E-state index contributed by atoms with van der Waals surface area (Å²) >= 11 is 0. The van der Waals surface area contributed by atoms with Crippen molar-refractivity contribution in [2.45, 2.75) is 0 Å². The van der Waals surface area contributed by atoms with Gasteiger partial charge in [0, 0.05) is 72.2 Å². The molecule has 2 N–H and O–H groups in total. The number of esters is 4. The summed E-state index contributed by atoms with van der Waals surface area (Å²) in [6, 6.07) is 24.2. The fourth-order valence-electron chi connectivity index (χ4n) is 7.78. The Labute approximate surface area is 439 Å². The van der Waals surface area contributed by atoms with Crippen molar-refractivity contribution in [2.24, 2.45) is 0 Å². The molecule has 0 spiro atoms. The average molecular weight is 1040 g/mol. The molecule has 2 aromatic heterocycles. The van der Waals surface area contributed by atoms with Crippen molar-refractivity contribution in [1.29, 1.82) is 0 Å². The number of aromatic amines is 2. The van der Waals surface area contributed by atoms with Gasteiger partial charge >= 0.3 is 23.9 Å². The van der Waals surface area contributed by atoms with Crippen LogP contribution in [0.2, 0.25) is 0 Å². The summed E-state index contributed by atoms with van der Waals surface area (Å²) in [6.07, 6.45) is 0. The summed E-state index contributed by atoms with van der Waals surface area (Å²) in [4.78, 5) is 60.5. The molecule has 0 fully saturated rings. The van der Waals surface area contributed by atoms with Crippen LogP contribution < -0.4 is 0 Å². The minimum Gasteiger partial charge on any atom is -0.460 e. The smallest absolute Gasteiger partial charge is 0.338 e. The van der Waals surface area contributed by atoms with Crippen molar-refractivity contribution in [2.75, 3.05) is 134 Å². The van der Waals surface area contributed by atoms with E-state index in [0.717, 1.165) is 10.8 Å². The number of carbonyl (C=O) groups is 4. The number of benzene rings is 5. The Hall–Kier alpha value is -7.62. The number of hydrogen-bond donors (Lipinski definition) is 2. The standard InChI is InChI=1S/C58H60N2O16/c1-65-17-21-69-25-29-73-55(61)43-9-5-7-39(33-43)11-13-41-35-45(57(63)75-31-27-71-23-19-67-3)37-49-47-15-16-48-50-38-46(58(64)76-32-28-72-24-20-68-4)36-42(52(50)60-54(48)53(47)59-51(41)49)14-12-40-8-6-10-44(34-40)56(62)74-30-26-70-22-18-66-2/h5-10,15-16,33-38,59-60H,17-32H2,1-4H3. The molecule has 0 amide bonds. The number of methoxy groups -OCH3 is 4. The van der Waals surface area contributed by atoms with Crippen molar-refractivity contribution in [3.63, 3.8) is 0 Å². The lowest BCUT2D eigenvalue weighted by Crippen LogP contribution is -2.12. The predicted octanol–water partition coefficient (Wildman–Crippen LogP) is 7.03. The van der Waals surface area contributed by atoms with Gasteiger partial charge < -0.3 is 66.8 Å². The topological polar surface area (TPSA) is 211 Å². The molecule has 0 atom stereocenters. The van der Waals surface area contributed by atoms with Gasteiger partial charge in [-0.1, -0.05) is 47.9 Å². The second kappa shape index (κ2) is 29.5. The van der Waals surface area contributed by atoms with Gasteiger partial charge in [-0.15, -0.1) is 0 Å². The quantitative estimate of drug-likeness (QED) is 0.0218. The Morgan fingerprint density at radius 3 is 1.01 bits per heavy atom. The summed E-state index contributed by atoms with van der Waals surface area (Å²) in [5, 5.41) is 2.89. The summed E-state index contributed by atoms with van der Waals surface area (Å²) in [6.45, 7) is 4.11. The molecule has 76 heavy (non-hydrogen) atoms. The maximum atomic E-state index is 13.7. The number of carbonyl (C=O) groups excluding carboxylic acids is 4. The van der Waals surface area contributed by atoms with Crippen LogP contribution >= 0.6 is 0 Å². The lowest BCUT2D eigenvalue weighted by molar-refractivity contribution is 0.0210. The first-order chi connectivity index (χ1) is 37.2. The van der Waals surface area contributed by atoms with E-state index in [1.165, 1.54) is 0 Å². The van der Waals surface area contributed by atoms with Crippen molar-refractivity contribution < 1.29 is 76.0 Å². The fraction of sp³-hybridized carbons (Fsp3) is 0.345. The van der Waals surface area contributed by atoms with Gasteiger partial charge in [-0.05, 0) is 60.7 Å². The van der Waals surface area contributed by atoms with Crippen LogP contribution in [-0.2, 0) is 56.8 Å². The Kier molecular flexibility index (Phi) is 21.8. The van der Waals surface area contributed by atoms with Crippen LogP contribution in [0.4, 0.5) is 0 Å². The maximum absolute atomic E-state index is 13.7. The minimum atomic E-state index is -0.577. The molecule has 0 unspecified atom stereocenters. The molecule has 0 saturated heterocycles. The third-order valence-corrected chi connectivity index (χ3v) is 11.5. The molecule has 18 heteroatoms. The second-order valence-corrected chi connectivity index (χ2v) is 16.7. The van der Waals surface area contributed by atoms with Crippen molar-refractivity contribution in [3.8, 4) is 23.7 Å². The molecule has 5 aromatic carbocycles. The number of nitrogens with one attached hydrogen (secondary N) is 2. The summed E-state index contributed by atoms with van der Waals surface area (Å²) < 4.78 is 64.0. The van der Waals surface area contributed by atoms with Crippen LogP contribution in [0, 0.1) is 23.7 Å².